The monoisotopic (exact) mass is 565 g/mol. The number of carbonyl (C=O) groups is 1. The fraction of sp³-hybridized carbons (Fsp3) is 0.321. The van der Waals surface area contributed by atoms with Gasteiger partial charge in [0.1, 0.15) is 5.82 Å². The molecule has 5 rings (SSSR count). The smallest absolute Gasteiger partial charge is 0.225 e. The third kappa shape index (κ3) is 5.42. The molecule has 2 aromatic heterocycles. The van der Waals surface area contributed by atoms with Crippen LogP contribution in [-0.4, -0.2) is 45.0 Å². The fourth-order valence-corrected chi connectivity index (χ4v) is 5.50. The summed E-state index contributed by atoms with van der Waals surface area (Å²) in [6.07, 6.45) is 4.62. The van der Waals surface area contributed by atoms with Crippen molar-refractivity contribution in [1.29, 1.82) is 0 Å². The van der Waals surface area contributed by atoms with Crippen molar-refractivity contribution in [3.8, 4) is 11.3 Å². The van der Waals surface area contributed by atoms with Gasteiger partial charge in [-0.1, -0.05) is 67.1 Å². The van der Waals surface area contributed by atoms with E-state index in [-0.39, 0.29) is 11.8 Å². The molecule has 2 atom stereocenters. The summed E-state index contributed by atoms with van der Waals surface area (Å²) in [7, 11) is 0. The van der Waals surface area contributed by atoms with Gasteiger partial charge in [-0.25, -0.2) is 4.98 Å². The van der Waals surface area contributed by atoms with Crippen LogP contribution in [0.2, 0.25) is 5.02 Å². The van der Waals surface area contributed by atoms with Crippen LogP contribution in [0, 0.1) is 11.8 Å². The Bertz CT molecular complexity index is 1360. The highest BCUT2D eigenvalue weighted by molar-refractivity contribution is 9.10. The quantitative estimate of drug-likeness (QED) is 0.283. The maximum absolute atomic E-state index is 13.2. The van der Waals surface area contributed by atoms with Gasteiger partial charge in [-0.05, 0) is 52.7 Å². The van der Waals surface area contributed by atoms with Crippen molar-refractivity contribution in [3.63, 3.8) is 0 Å². The summed E-state index contributed by atoms with van der Waals surface area (Å²) >= 11 is 10.0. The van der Waals surface area contributed by atoms with Crippen molar-refractivity contribution in [2.75, 3.05) is 25.0 Å². The zero-order valence-electron chi connectivity index (χ0n) is 20.2. The average Bonchev–Trinajstić information content (AvgIpc) is 3.28. The number of fused-ring (bicyclic) bond motifs is 1. The first-order valence-corrected chi connectivity index (χ1v) is 13.5. The SMILES string of the molecule is CC(Cc1ccccc1)C(=O)N1CCCC(CNc2cc(-c3ccccc3Cl)nc3c(Br)cnn23)C1. The molecular formula is C28H29BrClN5O. The number of amides is 1. The minimum atomic E-state index is -0.0291. The van der Waals surface area contributed by atoms with Crippen molar-refractivity contribution in [1.82, 2.24) is 19.5 Å². The van der Waals surface area contributed by atoms with Crippen molar-refractivity contribution in [2.45, 2.75) is 26.2 Å². The van der Waals surface area contributed by atoms with E-state index in [1.54, 1.807) is 10.7 Å². The molecule has 0 radical (unpaired) electrons. The van der Waals surface area contributed by atoms with E-state index >= 15 is 0 Å². The Hall–Kier alpha value is -2.90. The maximum Gasteiger partial charge on any atom is 0.225 e. The van der Waals surface area contributed by atoms with Crippen LogP contribution < -0.4 is 5.32 Å². The Kier molecular flexibility index (Phi) is 7.58. The highest BCUT2D eigenvalue weighted by Crippen LogP contribution is 2.30. The Morgan fingerprint density at radius 2 is 1.97 bits per heavy atom. The van der Waals surface area contributed by atoms with Gasteiger partial charge in [0, 0.05) is 42.2 Å². The topological polar surface area (TPSA) is 62.5 Å². The molecule has 8 heteroatoms. The molecule has 1 aliphatic rings. The highest BCUT2D eigenvalue weighted by Gasteiger charge is 2.27. The van der Waals surface area contributed by atoms with E-state index in [2.05, 4.69) is 38.5 Å². The summed E-state index contributed by atoms with van der Waals surface area (Å²) in [4.78, 5) is 20.0. The van der Waals surface area contributed by atoms with Gasteiger partial charge in [0.2, 0.25) is 5.91 Å². The highest BCUT2D eigenvalue weighted by atomic mass is 79.9. The lowest BCUT2D eigenvalue weighted by Crippen LogP contribution is -2.44. The van der Waals surface area contributed by atoms with E-state index in [4.69, 9.17) is 16.6 Å². The van der Waals surface area contributed by atoms with Crippen molar-refractivity contribution >= 4 is 44.9 Å². The van der Waals surface area contributed by atoms with Crippen LogP contribution >= 0.6 is 27.5 Å². The maximum atomic E-state index is 13.2. The first kappa shape index (κ1) is 24.8. The fourth-order valence-electron chi connectivity index (χ4n) is 4.92. The molecule has 1 aliphatic heterocycles. The van der Waals surface area contributed by atoms with Gasteiger partial charge in [0.15, 0.2) is 5.65 Å². The number of aromatic nitrogens is 3. The van der Waals surface area contributed by atoms with E-state index in [1.165, 1.54) is 5.56 Å². The lowest BCUT2D eigenvalue weighted by atomic mass is 9.94. The second kappa shape index (κ2) is 11.0. The van der Waals surface area contributed by atoms with Gasteiger partial charge >= 0.3 is 0 Å². The molecule has 1 N–H and O–H groups in total. The normalized spacial score (nSPS) is 16.8. The van der Waals surface area contributed by atoms with Crippen molar-refractivity contribution in [2.24, 2.45) is 11.8 Å². The van der Waals surface area contributed by atoms with Gasteiger partial charge in [0.05, 0.1) is 16.4 Å². The third-order valence-electron chi connectivity index (χ3n) is 6.79. The average molecular weight is 567 g/mol. The number of likely N-dealkylation sites (tertiary alicyclic amines) is 1. The summed E-state index contributed by atoms with van der Waals surface area (Å²) in [5, 5.41) is 8.73. The Morgan fingerprint density at radius 3 is 2.78 bits per heavy atom. The van der Waals surface area contributed by atoms with Crippen LogP contribution in [0.3, 0.4) is 0 Å². The molecule has 186 valence electrons. The number of hydrogen-bond acceptors (Lipinski definition) is 4. The van der Waals surface area contributed by atoms with Gasteiger partial charge in [-0.3, -0.25) is 4.79 Å². The number of nitrogens with one attached hydrogen (secondary N) is 1. The summed E-state index contributed by atoms with van der Waals surface area (Å²) in [6.45, 7) is 4.38. The van der Waals surface area contributed by atoms with Crippen molar-refractivity contribution < 1.29 is 4.79 Å². The molecule has 3 heterocycles. The summed E-state index contributed by atoms with van der Waals surface area (Å²) in [5.74, 6) is 1.42. The molecule has 2 unspecified atom stereocenters. The molecule has 0 bridgehead atoms. The lowest BCUT2D eigenvalue weighted by Gasteiger charge is -2.34. The second-order valence-corrected chi connectivity index (χ2v) is 10.8. The number of carbonyl (C=O) groups excluding carboxylic acids is 1. The number of halogens is 2. The lowest BCUT2D eigenvalue weighted by molar-refractivity contribution is -0.136. The van der Waals surface area contributed by atoms with Crippen LogP contribution in [0.1, 0.15) is 25.3 Å². The van der Waals surface area contributed by atoms with Crippen LogP contribution in [0.4, 0.5) is 5.82 Å². The predicted molar refractivity (Wildman–Crippen MR) is 148 cm³/mol. The van der Waals surface area contributed by atoms with Gasteiger partial charge in [-0.15, -0.1) is 0 Å². The third-order valence-corrected chi connectivity index (χ3v) is 7.68. The Morgan fingerprint density at radius 1 is 1.19 bits per heavy atom. The van der Waals surface area contributed by atoms with E-state index in [9.17, 15) is 4.79 Å². The van der Waals surface area contributed by atoms with Crippen molar-refractivity contribution in [3.05, 3.63) is 81.9 Å². The first-order chi connectivity index (χ1) is 17.5. The van der Waals surface area contributed by atoms with E-state index < -0.39 is 0 Å². The second-order valence-electron chi connectivity index (χ2n) is 9.50. The van der Waals surface area contributed by atoms with E-state index in [0.29, 0.717) is 10.9 Å². The molecule has 6 nitrogen and oxygen atoms in total. The molecule has 36 heavy (non-hydrogen) atoms. The van der Waals surface area contributed by atoms with Crippen LogP contribution in [0.25, 0.3) is 16.9 Å². The molecule has 1 fully saturated rings. The zero-order valence-corrected chi connectivity index (χ0v) is 22.5. The number of nitrogens with zero attached hydrogens (tertiary/aromatic N) is 4. The summed E-state index contributed by atoms with van der Waals surface area (Å²) < 4.78 is 2.62. The number of rotatable bonds is 7. The van der Waals surface area contributed by atoms with Gasteiger partial charge < -0.3 is 10.2 Å². The van der Waals surface area contributed by atoms with Crippen LogP contribution in [-0.2, 0) is 11.2 Å². The largest absolute Gasteiger partial charge is 0.370 e. The number of piperidine rings is 1. The van der Waals surface area contributed by atoms with Crippen LogP contribution in [0.15, 0.2) is 71.3 Å². The molecule has 0 spiro atoms. The van der Waals surface area contributed by atoms with Gasteiger partial charge in [-0.2, -0.15) is 9.61 Å². The molecule has 1 amide bonds. The first-order valence-electron chi connectivity index (χ1n) is 12.4. The van der Waals surface area contributed by atoms with E-state index in [1.807, 2.05) is 60.4 Å². The minimum Gasteiger partial charge on any atom is -0.370 e. The number of anilines is 1. The van der Waals surface area contributed by atoms with E-state index in [0.717, 1.165) is 66.1 Å². The standard InChI is InChI=1S/C28H29BrClN5O/c1-19(14-20-8-3-2-4-9-20)28(36)34-13-7-10-21(18-34)16-31-26-15-25(22-11-5-6-12-24(22)30)33-27-23(29)17-32-35(26)27/h2-6,8-9,11-12,15,17,19,21,31H,7,10,13-14,16,18H2,1H3. The van der Waals surface area contributed by atoms with Crippen LogP contribution in [0.5, 0.6) is 0 Å². The molecule has 1 saturated heterocycles. The Labute approximate surface area is 224 Å². The summed E-state index contributed by atoms with van der Waals surface area (Å²) in [5.41, 5.74) is 3.59. The Balaban J connectivity index is 1.29. The number of hydrogen-bond donors (Lipinski definition) is 1. The number of benzene rings is 2. The zero-order chi connectivity index (χ0) is 25.1. The summed E-state index contributed by atoms with van der Waals surface area (Å²) in [6, 6.07) is 19.9. The molecular weight excluding hydrogens is 538 g/mol. The predicted octanol–water partition coefficient (Wildman–Crippen LogP) is 6.34. The molecule has 2 aromatic carbocycles. The minimum absolute atomic E-state index is 0.0291. The van der Waals surface area contributed by atoms with Gasteiger partial charge in [0.25, 0.3) is 0 Å². The molecule has 0 aliphatic carbocycles. The molecule has 0 saturated carbocycles. The molecule has 4 aromatic rings.